The quantitative estimate of drug-likeness (QED) is 0.608. The number of ether oxygens (including phenoxy) is 1. The van der Waals surface area contributed by atoms with Crippen LogP contribution in [0.15, 0.2) is 35.2 Å². The Bertz CT molecular complexity index is 577. The lowest BCUT2D eigenvalue weighted by Crippen LogP contribution is -2.42. The van der Waals surface area contributed by atoms with Crippen LogP contribution < -0.4 is 5.32 Å². The summed E-state index contributed by atoms with van der Waals surface area (Å²) in [4.78, 5) is 24.8. The number of esters is 1. The van der Waals surface area contributed by atoms with E-state index in [1.54, 1.807) is 0 Å². The van der Waals surface area contributed by atoms with Gasteiger partial charge in [-0.2, -0.15) is 0 Å². The summed E-state index contributed by atoms with van der Waals surface area (Å²) in [5.74, 6) is 1.91. The van der Waals surface area contributed by atoms with Crippen LogP contribution in [0.5, 0.6) is 0 Å². The van der Waals surface area contributed by atoms with Crippen molar-refractivity contribution in [1.29, 1.82) is 0 Å². The standard InChI is InChI=1S/C19H25NO3S/c1-13(17-10-14-7-8-15(17)9-14)20-18(21)11-23-19(22)12-24-16-5-3-2-4-6-16/h2-6,13-15,17H,7-12H2,1H3,(H,20,21)/t13-,14-,15-,17+/m0/s1. The van der Waals surface area contributed by atoms with Crippen molar-refractivity contribution in [2.45, 2.75) is 43.5 Å². The van der Waals surface area contributed by atoms with Crippen LogP contribution >= 0.6 is 11.8 Å². The highest BCUT2D eigenvalue weighted by molar-refractivity contribution is 8.00. The minimum atomic E-state index is -0.355. The van der Waals surface area contributed by atoms with Gasteiger partial charge in [-0.15, -0.1) is 11.8 Å². The van der Waals surface area contributed by atoms with Gasteiger partial charge in [0.15, 0.2) is 6.61 Å². The summed E-state index contributed by atoms with van der Waals surface area (Å²) >= 11 is 1.42. The molecule has 1 aromatic carbocycles. The summed E-state index contributed by atoms with van der Waals surface area (Å²) in [5.41, 5.74) is 0. The van der Waals surface area contributed by atoms with Gasteiger partial charge >= 0.3 is 5.97 Å². The molecule has 0 unspecified atom stereocenters. The highest BCUT2D eigenvalue weighted by Gasteiger charge is 2.42. The zero-order chi connectivity index (χ0) is 16.9. The lowest BCUT2D eigenvalue weighted by molar-refractivity contribution is -0.146. The average molecular weight is 347 g/mol. The number of carbonyl (C=O) groups excluding carboxylic acids is 2. The van der Waals surface area contributed by atoms with E-state index in [9.17, 15) is 9.59 Å². The molecule has 2 saturated carbocycles. The number of benzene rings is 1. The monoisotopic (exact) mass is 347 g/mol. The van der Waals surface area contributed by atoms with Crippen molar-refractivity contribution >= 4 is 23.6 Å². The largest absolute Gasteiger partial charge is 0.455 e. The van der Waals surface area contributed by atoms with Gasteiger partial charge in [0, 0.05) is 10.9 Å². The van der Waals surface area contributed by atoms with Crippen LogP contribution in [0.3, 0.4) is 0 Å². The predicted molar refractivity (Wildman–Crippen MR) is 94.7 cm³/mol. The van der Waals surface area contributed by atoms with Gasteiger partial charge in [-0.25, -0.2) is 0 Å². The predicted octanol–water partition coefficient (Wildman–Crippen LogP) is 3.26. The second-order valence-corrected chi connectivity index (χ2v) is 8.01. The molecule has 2 fully saturated rings. The highest BCUT2D eigenvalue weighted by atomic mass is 32.2. The van der Waals surface area contributed by atoms with E-state index in [4.69, 9.17) is 4.74 Å². The van der Waals surface area contributed by atoms with E-state index in [-0.39, 0.29) is 30.3 Å². The number of thioether (sulfide) groups is 1. The minimum absolute atomic E-state index is 0.171. The smallest absolute Gasteiger partial charge is 0.316 e. The molecule has 130 valence electrons. The first-order valence-electron chi connectivity index (χ1n) is 8.74. The first-order chi connectivity index (χ1) is 11.6. The molecule has 4 nitrogen and oxygen atoms in total. The second kappa shape index (κ2) is 8.06. The number of nitrogens with one attached hydrogen (secondary N) is 1. The third kappa shape index (κ3) is 4.53. The Labute approximate surface area is 147 Å². The molecule has 1 amide bonds. The fraction of sp³-hybridized carbons (Fsp3) is 0.579. The minimum Gasteiger partial charge on any atom is -0.455 e. The van der Waals surface area contributed by atoms with Crippen molar-refractivity contribution in [2.75, 3.05) is 12.4 Å². The summed E-state index contributed by atoms with van der Waals surface area (Å²) in [6, 6.07) is 9.86. The summed E-state index contributed by atoms with van der Waals surface area (Å²) in [6.45, 7) is 1.90. The van der Waals surface area contributed by atoms with E-state index in [1.165, 1.54) is 37.4 Å². The van der Waals surface area contributed by atoms with E-state index in [2.05, 4.69) is 12.2 Å². The maximum Gasteiger partial charge on any atom is 0.316 e. The normalized spacial score (nSPS) is 26.1. The van der Waals surface area contributed by atoms with E-state index in [0.29, 0.717) is 5.92 Å². The Balaban J connectivity index is 1.34. The molecule has 0 heterocycles. The zero-order valence-electron chi connectivity index (χ0n) is 14.1. The molecule has 3 rings (SSSR count). The van der Waals surface area contributed by atoms with Gasteiger partial charge in [-0.05, 0) is 56.1 Å². The Kier molecular flexibility index (Phi) is 5.82. The Morgan fingerprint density at radius 3 is 2.71 bits per heavy atom. The molecule has 5 heteroatoms. The molecule has 2 aliphatic carbocycles. The van der Waals surface area contributed by atoms with Gasteiger partial charge in [0.2, 0.25) is 0 Å². The Morgan fingerprint density at radius 2 is 2.04 bits per heavy atom. The van der Waals surface area contributed by atoms with Crippen LogP contribution in [0.4, 0.5) is 0 Å². The SMILES string of the molecule is C[C@H](NC(=O)COC(=O)CSc1ccccc1)[C@H]1C[C@H]2CC[C@H]1C2. The van der Waals surface area contributed by atoms with Crippen molar-refractivity contribution in [3.8, 4) is 0 Å². The van der Waals surface area contributed by atoms with E-state index in [0.717, 1.165) is 16.7 Å². The summed E-state index contributed by atoms with van der Waals surface area (Å²) < 4.78 is 5.08. The number of hydrogen-bond acceptors (Lipinski definition) is 4. The van der Waals surface area contributed by atoms with Gasteiger partial charge in [-0.1, -0.05) is 24.6 Å². The van der Waals surface area contributed by atoms with Gasteiger partial charge in [-0.3, -0.25) is 9.59 Å². The first-order valence-corrected chi connectivity index (χ1v) is 9.73. The van der Waals surface area contributed by atoms with E-state index < -0.39 is 0 Å². The topological polar surface area (TPSA) is 55.4 Å². The molecule has 1 N–H and O–H groups in total. The molecule has 0 saturated heterocycles. The number of hydrogen-bond donors (Lipinski definition) is 1. The third-order valence-electron chi connectivity index (χ3n) is 5.29. The molecule has 2 bridgehead atoms. The molecular weight excluding hydrogens is 322 g/mol. The molecule has 1 aromatic rings. The van der Waals surface area contributed by atoms with Gasteiger partial charge < -0.3 is 10.1 Å². The molecule has 0 aliphatic heterocycles. The van der Waals surface area contributed by atoms with E-state index >= 15 is 0 Å². The lowest BCUT2D eigenvalue weighted by atomic mass is 9.84. The van der Waals surface area contributed by atoms with Crippen LogP contribution in [0.25, 0.3) is 0 Å². The van der Waals surface area contributed by atoms with Crippen LogP contribution in [-0.4, -0.2) is 30.3 Å². The van der Waals surface area contributed by atoms with Gasteiger partial charge in [0.05, 0.1) is 5.75 Å². The number of fused-ring (bicyclic) bond motifs is 2. The Morgan fingerprint density at radius 1 is 1.25 bits per heavy atom. The van der Waals surface area contributed by atoms with Crippen molar-refractivity contribution < 1.29 is 14.3 Å². The number of rotatable bonds is 7. The molecule has 24 heavy (non-hydrogen) atoms. The van der Waals surface area contributed by atoms with Crippen LogP contribution in [0, 0.1) is 17.8 Å². The molecule has 0 spiro atoms. The lowest BCUT2D eigenvalue weighted by Gasteiger charge is -2.28. The molecule has 2 aliphatic rings. The van der Waals surface area contributed by atoms with Gasteiger partial charge in [0.1, 0.15) is 0 Å². The fourth-order valence-corrected chi connectivity index (χ4v) is 4.87. The Hall–Kier alpha value is -1.49. The average Bonchev–Trinajstić information content (AvgIpc) is 3.22. The van der Waals surface area contributed by atoms with Crippen LogP contribution in [0.2, 0.25) is 0 Å². The van der Waals surface area contributed by atoms with Crippen LogP contribution in [0.1, 0.15) is 32.6 Å². The van der Waals surface area contributed by atoms with Gasteiger partial charge in [0.25, 0.3) is 5.91 Å². The summed E-state index contributed by atoms with van der Waals surface area (Å²) in [6.07, 6.45) is 5.23. The van der Waals surface area contributed by atoms with Crippen molar-refractivity contribution in [3.63, 3.8) is 0 Å². The van der Waals surface area contributed by atoms with E-state index in [1.807, 2.05) is 30.3 Å². The first kappa shape index (κ1) is 17.3. The van der Waals surface area contributed by atoms with Crippen molar-refractivity contribution in [2.24, 2.45) is 17.8 Å². The number of amides is 1. The molecular formula is C19H25NO3S. The zero-order valence-corrected chi connectivity index (χ0v) is 14.9. The fourth-order valence-electron chi connectivity index (χ4n) is 4.16. The summed E-state index contributed by atoms with van der Waals surface area (Å²) in [7, 11) is 0. The second-order valence-electron chi connectivity index (χ2n) is 6.96. The maximum absolute atomic E-state index is 12.0. The van der Waals surface area contributed by atoms with Crippen LogP contribution in [-0.2, 0) is 14.3 Å². The molecule has 4 atom stereocenters. The van der Waals surface area contributed by atoms with Crippen molar-refractivity contribution in [1.82, 2.24) is 5.32 Å². The summed E-state index contributed by atoms with van der Waals surface area (Å²) in [5, 5.41) is 3.01. The number of carbonyl (C=O) groups is 2. The molecule has 0 aromatic heterocycles. The van der Waals surface area contributed by atoms with Crippen molar-refractivity contribution in [3.05, 3.63) is 30.3 Å². The third-order valence-corrected chi connectivity index (χ3v) is 6.27. The molecule has 0 radical (unpaired) electrons. The highest BCUT2D eigenvalue weighted by Crippen LogP contribution is 2.49. The maximum atomic E-state index is 12.0.